The van der Waals surface area contributed by atoms with Crippen molar-refractivity contribution in [3.05, 3.63) is 106 Å². The third-order valence-corrected chi connectivity index (χ3v) is 9.54. The van der Waals surface area contributed by atoms with Crippen molar-refractivity contribution >= 4 is 39.9 Å². The zero-order valence-electron chi connectivity index (χ0n) is 24.8. The van der Waals surface area contributed by atoms with Crippen molar-refractivity contribution in [1.29, 1.82) is 5.26 Å². The van der Waals surface area contributed by atoms with Crippen molar-refractivity contribution in [2.24, 2.45) is 5.92 Å². The molecule has 2 N–H and O–H groups in total. The van der Waals surface area contributed by atoms with Gasteiger partial charge in [-0.1, -0.05) is 30.3 Å². The molecule has 46 heavy (non-hydrogen) atoms. The molecule has 3 heterocycles. The smallest absolute Gasteiger partial charge is 0.259 e. The summed E-state index contributed by atoms with van der Waals surface area (Å²) in [5.74, 6) is -2.17. The van der Waals surface area contributed by atoms with Crippen molar-refractivity contribution in [3.63, 3.8) is 0 Å². The van der Waals surface area contributed by atoms with Crippen LogP contribution in [0.2, 0.25) is 0 Å². The Morgan fingerprint density at radius 3 is 2.39 bits per heavy atom. The van der Waals surface area contributed by atoms with E-state index in [1.165, 1.54) is 17.0 Å². The summed E-state index contributed by atoms with van der Waals surface area (Å²) in [7, 11) is 0. The van der Waals surface area contributed by atoms with Gasteiger partial charge in [0.1, 0.15) is 17.7 Å². The second kappa shape index (κ2) is 11.7. The first-order valence-electron chi connectivity index (χ1n) is 15.4. The number of hydrogen-bond donors (Lipinski definition) is 2. The van der Waals surface area contributed by atoms with Gasteiger partial charge in [0.05, 0.1) is 29.1 Å². The zero-order valence-corrected chi connectivity index (χ0v) is 24.8. The number of nitrogens with zero attached hydrogens (tertiary/aromatic N) is 3. The van der Waals surface area contributed by atoms with Gasteiger partial charge in [-0.15, -0.1) is 0 Å². The molecule has 0 aromatic heterocycles. The highest BCUT2D eigenvalue weighted by Gasteiger charge is 2.41. The van der Waals surface area contributed by atoms with Crippen LogP contribution in [0.5, 0.6) is 0 Å². The van der Waals surface area contributed by atoms with Crippen LogP contribution >= 0.6 is 0 Å². The first-order valence-corrected chi connectivity index (χ1v) is 15.4. The molecule has 232 valence electrons. The van der Waals surface area contributed by atoms with Crippen LogP contribution in [-0.2, 0) is 16.0 Å². The number of benzene rings is 4. The molecule has 2 saturated heterocycles. The number of anilines is 2. The maximum Gasteiger partial charge on any atom is 0.259 e. The summed E-state index contributed by atoms with van der Waals surface area (Å²) in [5.41, 5.74) is 3.49. The van der Waals surface area contributed by atoms with Crippen LogP contribution in [0.4, 0.5) is 20.2 Å². The van der Waals surface area contributed by atoms with Crippen LogP contribution in [0.15, 0.2) is 66.7 Å². The van der Waals surface area contributed by atoms with Gasteiger partial charge >= 0.3 is 0 Å². The van der Waals surface area contributed by atoms with E-state index in [9.17, 15) is 23.9 Å². The molecule has 0 saturated carbocycles. The molecule has 7 rings (SSSR count). The third kappa shape index (κ3) is 5.07. The Labute approximate surface area is 263 Å². The topological polar surface area (TPSA) is 114 Å². The quantitative estimate of drug-likeness (QED) is 0.283. The van der Waals surface area contributed by atoms with Crippen LogP contribution in [-0.4, -0.2) is 42.0 Å². The molecule has 2 fully saturated rings. The molecule has 2 atom stereocenters. The van der Waals surface area contributed by atoms with E-state index < -0.39 is 29.7 Å². The van der Waals surface area contributed by atoms with Crippen molar-refractivity contribution in [1.82, 2.24) is 5.32 Å². The Morgan fingerprint density at radius 2 is 1.67 bits per heavy atom. The number of piperidine rings is 2. The van der Waals surface area contributed by atoms with E-state index >= 15 is 4.39 Å². The van der Waals surface area contributed by atoms with Crippen LogP contribution in [0.25, 0.3) is 10.8 Å². The van der Waals surface area contributed by atoms with E-state index in [1.807, 2.05) is 23.1 Å². The standard InChI is InChI=1S/C36H30F2N4O4/c37-27-18-24(34(44)21-12-14-41(15-13-21)29-8-4-20(19-39)16-28(29)38)6-5-23(27)17-22-7-9-30-33-25(22)2-1-3-26(33)36(46)42(30)31-10-11-32(43)40-35(31)45/h1-9,16,18,21,31,34,44H,10-15,17H2,(H,40,43,45)/t31-,34+/m0/s1. The van der Waals surface area contributed by atoms with Crippen LogP contribution in [0, 0.1) is 28.9 Å². The maximum absolute atomic E-state index is 15.5. The van der Waals surface area contributed by atoms with Crippen molar-refractivity contribution in [2.75, 3.05) is 22.9 Å². The normalized spacial score (nSPS) is 19.0. The number of nitriles is 1. The highest BCUT2D eigenvalue weighted by atomic mass is 19.1. The van der Waals surface area contributed by atoms with Gasteiger partial charge in [0, 0.05) is 36.9 Å². The highest BCUT2D eigenvalue weighted by molar-refractivity contribution is 6.27. The van der Waals surface area contributed by atoms with Gasteiger partial charge in [0.2, 0.25) is 11.8 Å². The fourth-order valence-corrected chi connectivity index (χ4v) is 7.12. The zero-order chi connectivity index (χ0) is 32.1. The van der Waals surface area contributed by atoms with E-state index in [1.54, 1.807) is 42.5 Å². The van der Waals surface area contributed by atoms with Gasteiger partial charge < -0.3 is 10.0 Å². The number of aliphatic hydroxyl groups excluding tert-OH is 1. The van der Waals surface area contributed by atoms with Gasteiger partial charge in [0.25, 0.3) is 5.91 Å². The van der Waals surface area contributed by atoms with Crippen molar-refractivity contribution < 1.29 is 28.3 Å². The minimum Gasteiger partial charge on any atom is -0.388 e. The molecule has 0 radical (unpaired) electrons. The summed E-state index contributed by atoms with van der Waals surface area (Å²) >= 11 is 0. The minimum absolute atomic E-state index is 0.121. The average molecular weight is 621 g/mol. The lowest BCUT2D eigenvalue weighted by molar-refractivity contribution is -0.134. The minimum atomic E-state index is -0.877. The molecule has 3 amide bonds. The van der Waals surface area contributed by atoms with Crippen molar-refractivity contribution in [2.45, 2.75) is 44.2 Å². The predicted octanol–water partition coefficient (Wildman–Crippen LogP) is 5.30. The summed E-state index contributed by atoms with van der Waals surface area (Å²) in [6.07, 6.45) is 0.963. The number of rotatable bonds is 6. The molecule has 4 aromatic carbocycles. The fourth-order valence-electron chi connectivity index (χ4n) is 7.12. The number of carbonyl (C=O) groups is 3. The molecule has 0 unspecified atom stereocenters. The molecule has 10 heteroatoms. The Morgan fingerprint density at radius 1 is 0.913 bits per heavy atom. The molecular weight excluding hydrogens is 590 g/mol. The number of carbonyl (C=O) groups excluding carboxylic acids is 3. The summed E-state index contributed by atoms with van der Waals surface area (Å²) < 4.78 is 30.1. The van der Waals surface area contributed by atoms with Gasteiger partial charge in [-0.25, -0.2) is 8.78 Å². The lowest BCUT2D eigenvalue weighted by atomic mass is 9.86. The molecule has 3 aliphatic rings. The molecule has 0 bridgehead atoms. The molecule has 0 aliphatic carbocycles. The maximum atomic E-state index is 15.5. The van der Waals surface area contributed by atoms with Crippen LogP contribution < -0.4 is 15.1 Å². The second-order valence-corrected chi connectivity index (χ2v) is 12.2. The molecule has 4 aromatic rings. The molecule has 8 nitrogen and oxygen atoms in total. The fraction of sp³-hybridized carbons (Fsp3) is 0.278. The SMILES string of the molecule is N#Cc1ccc(N2CCC([C@@H](O)c3ccc(Cc4ccc5c6c(cccc46)C(=O)N5[C@H]4CCC(=O)NC4=O)c(F)c3)CC2)c(F)c1. The van der Waals surface area contributed by atoms with E-state index in [2.05, 4.69) is 5.32 Å². The predicted molar refractivity (Wildman–Crippen MR) is 167 cm³/mol. The summed E-state index contributed by atoms with van der Waals surface area (Å²) in [5, 5.41) is 24.0. The van der Waals surface area contributed by atoms with Crippen LogP contribution in [0.1, 0.15) is 64.4 Å². The highest BCUT2D eigenvalue weighted by Crippen LogP contribution is 2.42. The van der Waals surface area contributed by atoms with E-state index in [0.29, 0.717) is 59.4 Å². The second-order valence-electron chi connectivity index (χ2n) is 12.2. The van der Waals surface area contributed by atoms with Gasteiger partial charge in [-0.3, -0.25) is 24.6 Å². The monoisotopic (exact) mass is 620 g/mol. The lowest BCUT2D eigenvalue weighted by Gasteiger charge is -2.36. The van der Waals surface area contributed by atoms with E-state index in [-0.39, 0.29) is 42.6 Å². The lowest BCUT2D eigenvalue weighted by Crippen LogP contribution is -2.53. The molecular formula is C36H30F2N4O4. The Kier molecular flexibility index (Phi) is 7.49. The van der Waals surface area contributed by atoms with E-state index in [4.69, 9.17) is 5.26 Å². The summed E-state index contributed by atoms with van der Waals surface area (Å²) in [6.45, 7) is 1.05. The first-order chi connectivity index (χ1) is 22.2. The van der Waals surface area contributed by atoms with Gasteiger partial charge in [-0.05, 0) is 83.7 Å². The number of hydrogen-bond acceptors (Lipinski definition) is 6. The number of aliphatic hydroxyl groups is 1. The van der Waals surface area contributed by atoms with E-state index in [0.717, 1.165) is 10.9 Å². The molecule has 0 spiro atoms. The number of halogens is 2. The largest absolute Gasteiger partial charge is 0.388 e. The summed E-state index contributed by atoms with van der Waals surface area (Å²) in [6, 6.07) is 19.3. The van der Waals surface area contributed by atoms with Gasteiger partial charge in [-0.2, -0.15) is 5.26 Å². The number of amides is 3. The Bertz CT molecular complexity index is 1960. The number of nitrogens with one attached hydrogen (secondary N) is 1. The van der Waals surface area contributed by atoms with Gasteiger partial charge in [0.15, 0.2) is 0 Å². The van der Waals surface area contributed by atoms with Crippen LogP contribution in [0.3, 0.4) is 0 Å². The van der Waals surface area contributed by atoms with Crippen molar-refractivity contribution in [3.8, 4) is 6.07 Å². The Balaban J connectivity index is 1.07. The number of imide groups is 1. The Hall–Kier alpha value is -5.14. The third-order valence-electron chi connectivity index (χ3n) is 9.54. The first kappa shape index (κ1) is 29.6. The average Bonchev–Trinajstić information content (AvgIpc) is 3.34. The summed E-state index contributed by atoms with van der Waals surface area (Å²) in [4.78, 5) is 41.1. The molecule has 3 aliphatic heterocycles.